The fraction of sp³-hybridized carbons (Fsp3) is 0.562. The lowest BCUT2D eigenvalue weighted by Gasteiger charge is -2.07. The Hall–Kier alpha value is -1.35. The quantitative estimate of drug-likeness (QED) is 0.872. The van der Waals surface area contributed by atoms with Gasteiger partial charge in [0.2, 0.25) is 5.91 Å². The second kappa shape index (κ2) is 4.64. The van der Waals surface area contributed by atoms with Crippen LogP contribution in [0.3, 0.4) is 0 Å². The van der Waals surface area contributed by atoms with Crippen LogP contribution in [0.1, 0.15) is 38.8 Å². The highest BCUT2D eigenvalue weighted by molar-refractivity contribution is 5.79. The molecule has 3 N–H and O–H groups in total. The Morgan fingerprint density at radius 2 is 1.58 bits per heavy atom. The zero-order valence-electron chi connectivity index (χ0n) is 12.3. The number of nitrogens with one attached hydrogen (secondary N) is 1. The van der Waals surface area contributed by atoms with Crippen LogP contribution in [0, 0.1) is 10.8 Å². The summed E-state index contributed by atoms with van der Waals surface area (Å²) >= 11 is 0. The summed E-state index contributed by atoms with van der Waals surface area (Å²) in [7, 11) is 0. The molecule has 0 aliphatic heterocycles. The van der Waals surface area contributed by atoms with E-state index in [0.717, 1.165) is 11.1 Å². The van der Waals surface area contributed by atoms with Crippen molar-refractivity contribution in [1.82, 2.24) is 5.32 Å². The van der Waals surface area contributed by atoms with Gasteiger partial charge in [-0.15, -0.1) is 0 Å². The van der Waals surface area contributed by atoms with Crippen LogP contribution in [0.4, 0.5) is 0 Å². The van der Waals surface area contributed by atoms with Gasteiger partial charge < -0.3 is 11.1 Å². The summed E-state index contributed by atoms with van der Waals surface area (Å²) in [6, 6.07) is 8.19. The minimum absolute atomic E-state index is 0.101. The minimum Gasteiger partial charge on any atom is -0.352 e. The molecule has 2 rings (SSSR count). The predicted octanol–water partition coefficient (Wildman–Crippen LogP) is 2.24. The third-order valence-corrected chi connectivity index (χ3v) is 4.95. The fourth-order valence-corrected chi connectivity index (χ4v) is 2.75. The maximum Gasteiger partial charge on any atom is 0.224 e. The molecule has 0 saturated heterocycles. The van der Waals surface area contributed by atoms with Crippen molar-refractivity contribution in [3.05, 3.63) is 35.4 Å². The van der Waals surface area contributed by atoms with E-state index in [9.17, 15) is 4.79 Å². The van der Waals surface area contributed by atoms with Gasteiger partial charge in [-0.05, 0) is 22.0 Å². The van der Waals surface area contributed by atoms with Crippen molar-refractivity contribution >= 4 is 5.91 Å². The van der Waals surface area contributed by atoms with Gasteiger partial charge in [0, 0.05) is 12.6 Å². The molecule has 104 valence electrons. The van der Waals surface area contributed by atoms with Crippen molar-refractivity contribution in [3.8, 4) is 0 Å². The minimum atomic E-state index is 0.101. The van der Waals surface area contributed by atoms with Gasteiger partial charge in [0.15, 0.2) is 0 Å². The topological polar surface area (TPSA) is 55.1 Å². The van der Waals surface area contributed by atoms with E-state index in [1.807, 2.05) is 24.3 Å². The average Bonchev–Trinajstić information content (AvgIpc) is 2.73. The Kier molecular flexibility index (Phi) is 3.43. The number of rotatable bonds is 4. The number of carbonyl (C=O) groups is 1. The molecule has 0 heterocycles. The summed E-state index contributed by atoms with van der Waals surface area (Å²) in [5.41, 5.74) is 8.05. The second-order valence-electron chi connectivity index (χ2n) is 6.64. The second-order valence-corrected chi connectivity index (χ2v) is 6.64. The van der Waals surface area contributed by atoms with E-state index in [2.05, 4.69) is 33.0 Å². The molecule has 0 aromatic heterocycles. The third-order valence-electron chi connectivity index (χ3n) is 4.95. The first-order chi connectivity index (χ1) is 8.79. The number of hydrogen-bond acceptors (Lipinski definition) is 2. The Morgan fingerprint density at radius 1 is 1.11 bits per heavy atom. The molecule has 0 radical (unpaired) electrons. The molecule has 1 aliphatic rings. The Balaban J connectivity index is 1.92. The molecule has 0 unspecified atom stereocenters. The van der Waals surface area contributed by atoms with Crippen LogP contribution in [0.25, 0.3) is 0 Å². The highest BCUT2D eigenvalue weighted by Gasteiger charge is 2.65. The van der Waals surface area contributed by atoms with Crippen molar-refractivity contribution in [1.29, 1.82) is 0 Å². The zero-order valence-corrected chi connectivity index (χ0v) is 12.3. The van der Waals surface area contributed by atoms with Crippen LogP contribution >= 0.6 is 0 Å². The van der Waals surface area contributed by atoms with Crippen LogP contribution in [0.2, 0.25) is 0 Å². The number of nitrogens with two attached hydrogens (primary N) is 1. The van der Waals surface area contributed by atoms with Gasteiger partial charge in [0.1, 0.15) is 0 Å². The van der Waals surface area contributed by atoms with Gasteiger partial charge in [-0.2, -0.15) is 0 Å². The molecule has 0 spiro atoms. The summed E-state index contributed by atoms with van der Waals surface area (Å²) in [6.07, 6.45) is 0.438. The smallest absolute Gasteiger partial charge is 0.224 e. The SMILES string of the molecule is CC1(C)C(NC(=O)Cc2ccc(CN)cc2)C1(C)C. The maximum absolute atomic E-state index is 12.1. The van der Waals surface area contributed by atoms with Crippen molar-refractivity contribution in [2.24, 2.45) is 16.6 Å². The van der Waals surface area contributed by atoms with Crippen LogP contribution in [0.5, 0.6) is 0 Å². The lowest BCUT2D eigenvalue weighted by molar-refractivity contribution is -0.120. The summed E-state index contributed by atoms with van der Waals surface area (Å²) in [5, 5.41) is 3.15. The Morgan fingerprint density at radius 3 is 2.00 bits per heavy atom. The first-order valence-electron chi connectivity index (χ1n) is 6.86. The van der Waals surface area contributed by atoms with Crippen LogP contribution in [0.15, 0.2) is 24.3 Å². The van der Waals surface area contributed by atoms with Crippen molar-refractivity contribution in [3.63, 3.8) is 0 Å². The van der Waals surface area contributed by atoms with Crippen LogP contribution < -0.4 is 11.1 Å². The average molecular weight is 260 g/mol. The molecule has 1 saturated carbocycles. The Bertz CT molecular complexity index is 460. The summed E-state index contributed by atoms with van der Waals surface area (Å²) < 4.78 is 0. The summed E-state index contributed by atoms with van der Waals surface area (Å²) in [6.45, 7) is 9.35. The molecule has 1 aromatic rings. The van der Waals surface area contributed by atoms with Crippen molar-refractivity contribution in [2.45, 2.75) is 46.7 Å². The Labute approximate surface area is 115 Å². The molecule has 1 aliphatic carbocycles. The van der Waals surface area contributed by atoms with Gasteiger partial charge in [-0.25, -0.2) is 0 Å². The first-order valence-corrected chi connectivity index (χ1v) is 6.86. The molecule has 0 atom stereocenters. The molecule has 3 heteroatoms. The van der Waals surface area contributed by atoms with E-state index in [-0.39, 0.29) is 22.8 Å². The number of hydrogen-bond donors (Lipinski definition) is 2. The van der Waals surface area contributed by atoms with Crippen LogP contribution in [-0.4, -0.2) is 11.9 Å². The van der Waals surface area contributed by atoms with Gasteiger partial charge in [0.25, 0.3) is 0 Å². The molecule has 19 heavy (non-hydrogen) atoms. The van der Waals surface area contributed by atoms with E-state index in [0.29, 0.717) is 13.0 Å². The van der Waals surface area contributed by atoms with E-state index in [1.54, 1.807) is 0 Å². The molecular weight excluding hydrogens is 236 g/mol. The maximum atomic E-state index is 12.1. The van der Waals surface area contributed by atoms with Crippen molar-refractivity contribution in [2.75, 3.05) is 0 Å². The predicted molar refractivity (Wildman–Crippen MR) is 77.5 cm³/mol. The molecule has 0 bridgehead atoms. The largest absolute Gasteiger partial charge is 0.352 e. The van der Waals surface area contributed by atoms with Gasteiger partial charge in [0.05, 0.1) is 6.42 Å². The van der Waals surface area contributed by atoms with Crippen molar-refractivity contribution < 1.29 is 4.79 Å². The number of benzene rings is 1. The molecule has 1 aromatic carbocycles. The third kappa shape index (κ3) is 2.52. The van der Waals surface area contributed by atoms with E-state index in [1.165, 1.54) is 0 Å². The standard InChI is InChI=1S/C16H24N2O/c1-15(2)14(16(15,3)4)18-13(19)9-11-5-7-12(10-17)8-6-11/h5-8,14H,9-10,17H2,1-4H3,(H,18,19). The highest BCUT2D eigenvalue weighted by atomic mass is 16.1. The monoisotopic (exact) mass is 260 g/mol. The molecule has 3 nitrogen and oxygen atoms in total. The van der Waals surface area contributed by atoms with Crippen LogP contribution in [-0.2, 0) is 17.8 Å². The summed E-state index contributed by atoms with van der Waals surface area (Å²) in [4.78, 5) is 12.1. The van der Waals surface area contributed by atoms with E-state index >= 15 is 0 Å². The first kappa shape index (κ1) is 14.1. The highest BCUT2D eigenvalue weighted by Crippen LogP contribution is 2.62. The zero-order chi connectivity index (χ0) is 14.3. The fourth-order valence-electron chi connectivity index (χ4n) is 2.75. The van der Waals surface area contributed by atoms with Gasteiger partial charge in [-0.3, -0.25) is 4.79 Å². The molecule has 1 amide bonds. The molecule has 1 fully saturated rings. The van der Waals surface area contributed by atoms with E-state index in [4.69, 9.17) is 5.73 Å². The normalized spacial score (nSPS) is 20.1. The van der Waals surface area contributed by atoms with Gasteiger partial charge in [-0.1, -0.05) is 52.0 Å². The van der Waals surface area contributed by atoms with E-state index < -0.39 is 0 Å². The summed E-state index contributed by atoms with van der Waals surface area (Å²) in [5.74, 6) is 0.101. The number of carbonyl (C=O) groups excluding carboxylic acids is 1. The molecular formula is C16H24N2O. The lowest BCUT2D eigenvalue weighted by atomic mass is 10.0. The lowest BCUT2D eigenvalue weighted by Crippen LogP contribution is -2.31. The number of amides is 1. The van der Waals surface area contributed by atoms with Gasteiger partial charge >= 0.3 is 0 Å².